The highest BCUT2D eigenvalue weighted by molar-refractivity contribution is 5.78. The number of carbonyl (C=O) groups is 4. The van der Waals surface area contributed by atoms with E-state index in [0.717, 1.165) is 0 Å². The molecule has 10 nitrogen and oxygen atoms in total. The van der Waals surface area contributed by atoms with Gasteiger partial charge in [-0.25, -0.2) is 4.79 Å². The molecule has 0 fully saturated rings. The van der Waals surface area contributed by atoms with Crippen molar-refractivity contribution in [2.24, 2.45) is 11.8 Å². The van der Waals surface area contributed by atoms with Crippen molar-refractivity contribution in [2.45, 2.75) is 66.5 Å². The van der Waals surface area contributed by atoms with E-state index in [1.807, 2.05) is 6.92 Å². The number of esters is 2. The van der Waals surface area contributed by atoms with Crippen LogP contribution in [0.4, 0.5) is 4.79 Å². The second-order valence-electron chi connectivity index (χ2n) is 8.46. The van der Waals surface area contributed by atoms with E-state index in [0.29, 0.717) is 12.0 Å². The number of nitrogens with one attached hydrogen (secondary N) is 1. The Balaban J connectivity index is 2.95. The summed E-state index contributed by atoms with van der Waals surface area (Å²) in [6, 6.07) is 3.51. The minimum Gasteiger partial charge on any atom is -0.480 e. The molecule has 2 N–H and O–H groups in total. The predicted octanol–water partition coefficient (Wildman–Crippen LogP) is 3.35. The van der Waals surface area contributed by atoms with Crippen molar-refractivity contribution in [3.05, 3.63) is 23.8 Å². The minimum atomic E-state index is -1.11. The molecule has 34 heavy (non-hydrogen) atoms. The molecule has 0 saturated carbocycles. The topological polar surface area (TPSA) is 137 Å². The molecular weight excluding hydrogens is 446 g/mol. The van der Waals surface area contributed by atoms with Crippen LogP contribution < -0.4 is 14.8 Å². The average Bonchev–Trinajstić information content (AvgIpc) is 2.76. The van der Waals surface area contributed by atoms with Crippen molar-refractivity contribution in [3.8, 4) is 11.5 Å². The molecule has 0 aliphatic heterocycles. The molecule has 0 bridgehead atoms. The standard InChI is InChI=1S/C24H35NO9/c1-7-10-31-24(30)32-16(6)13-25-18(21(26)27)11-17-8-9-19(33-22(28)14(2)3)20(12-17)34-23(29)15(4)5/h8-9,12,14-16,18,25H,7,10-11,13H2,1-6H3,(H,26,27)/t16?,18-/m0/s1. The van der Waals surface area contributed by atoms with Crippen molar-refractivity contribution in [3.63, 3.8) is 0 Å². The van der Waals surface area contributed by atoms with E-state index in [-0.39, 0.29) is 31.1 Å². The van der Waals surface area contributed by atoms with Crippen LogP contribution in [0.3, 0.4) is 0 Å². The lowest BCUT2D eigenvalue weighted by Crippen LogP contribution is -2.42. The van der Waals surface area contributed by atoms with Crippen molar-refractivity contribution in [1.82, 2.24) is 5.32 Å². The van der Waals surface area contributed by atoms with Gasteiger partial charge in [-0.05, 0) is 37.5 Å². The Kier molecular flexibility index (Phi) is 12.1. The fourth-order valence-electron chi connectivity index (χ4n) is 2.51. The van der Waals surface area contributed by atoms with Crippen LogP contribution in [0.25, 0.3) is 0 Å². The van der Waals surface area contributed by atoms with Crippen molar-refractivity contribution in [1.29, 1.82) is 0 Å². The third kappa shape index (κ3) is 10.2. The van der Waals surface area contributed by atoms with Gasteiger partial charge in [0, 0.05) is 6.54 Å². The Labute approximate surface area is 199 Å². The van der Waals surface area contributed by atoms with E-state index in [9.17, 15) is 24.3 Å². The van der Waals surface area contributed by atoms with Gasteiger partial charge in [-0.2, -0.15) is 0 Å². The van der Waals surface area contributed by atoms with Crippen molar-refractivity contribution >= 4 is 24.1 Å². The van der Waals surface area contributed by atoms with Gasteiger partial charge < -0.3 is 29.4 Å². The summed E-state index contributed by atoms with van der Waals surface area (Å²) in [4.78, 5) is 47.5. The molecule has 0 aromatic heterocycles. The largest absolute Gasteiger partial charge is 0.508 e. The van der Waals surface area contributed by atoms with E-state index < -0.39 is 48.0 Å². The quantitative estimate of drug-likeness (QED) is 0.319. The third-order valence-electron chi connectivity index (χ3n) is 4.48. The highest BCUT2D eigenvalue weighted by Crippen LogP contribution is 2.30. The summed E-state index contributed by atoms with van der Waals surface area (Å²) in [5, 5.41) is 12.5. The molecule has 0 spiro atoms. The molecule has 1 rings (SSSR count). The first-order valence-corrected chi connectivity index (χ1v) is 11.3. The Bertz CT molecular complexity index is 851. The number of carboxylic acids is 1. The van der Waals surface area contributed by atoms with Gasteiger partial charge in [-0.1, -0.05) is 40.7 Å². The molecule has 1 aromatic rings. The second kappa shape index (κ2) is 14.2. The lowest BCUT2D eigenvalue weighted by molar-refractivity contribution is -0.140. The van der Waals surface area contributed by atoms with Gasteiger partial charge in [0.1, 0.15) is 12.1 Å². The predicted molar refractivity (Wildman–Crippen MR) is 123 cm³/mol. The van der Waals surface area contributed by atoms with Crippen molar-refractivity contribution < 1.29 is 43.2 Å². The first kappa shape index (κ1) is 28.9. The van der Waals surface area contributed by atoms with Crippen LogP contribution in [0, 0.1) is 11.8 Å². The SMILES string of the molecule is CCCOC(=O)OC(C)CN[C@@H](Cc1ccc(OC(=O)C(C)C)c(OC(=O)C(C)C)c1)C(=O)O. The molecule has 0 saturated heterocycles. The van der Waals surface area contributed by atoms with Gasteiger partial charge in [0.25, 0.3) is 0 Å². The maximum absolute atomic E-state index is 12.1. The fraction of sp³-hybridized carbons (Fsp3) is 0.583. The van der Waals surface area contributed by atoms with Crippen LogP contribution in [-0.4, -0.2) is 54.5 Å². The monoisotopic (exact) mass is 481 g/mol. The number of hydrogen-bond donors (Lipinski definition) is 2. The molecule has 0 amide bonds. The summed E-state index contributed by atoms with van der Waals surface area (Å²) in [7, 11) is 0. The number of rotatable bonds is 13. The first-order valence-electron chi connectivity index (χ1n) is 11.3. The molecule has 2 atom stereocenters. The molecule has 0 aliphatic rings. The van der Waals surface area contributed by atoms with E-state index in [1.54, 1.807) is 40.7 Å². The Morgan fingerprint density at radius 2 is 1.53 bits per heavy atom. The highest BCUT2D eigenvalue weighted by atomic mass is 16.7. The number of aliphatic carboxylic acids is 1. The zero-order valence-corrected chi connectivity index (χ0v) is 20.6. The fourth-order valence-corrected chi connectivity index (χ4v) is 2.51. The molecular formula is C24H35NO9. The van der Waals surface area contributed by atoms with Crippen LogP contribution in [0.1, 0.15) is 53.5 Å². The number of carboxylic acid groups (broad SMARTS) is 1. The highest BCUT2D eigenvalue weighted by Gasteiger charge is 2.23. The van der Waals surface area contributed by atoms with Crippen molar-refractivity contribution in [2.75, 3.05) is 13.2 Å². The van der Waals surface area contributed by atoms with Gasteiger partial charge in [-0.15, -0.1) is 0 Å². The first-order chi connectivity index (χ1) is 15.9. The zero-order chi connectivity index (χ0) is 25.8. The summed E-state index contributed by atoms with van der Waals surface area (Å²) in [6.07, 6.45) is -0.738. The molecule has 1 aromatic carbocycles. The zero-order valence-electron chi connectivity index (χ0n) is 20.6. The molecule has 0 radical (unpaired) electrons. The molecule has 0 aliphatic carbocycles. The number of ether oxygens (including phenoxy) is 4. The van der Waals surface area contributed by atoms with E-state index in [2.05, 4.69) is 5.32 Å². The van der Waals surface area contributed by atoms with Gasteiger partial charge in [0.2, 0.25) is 0 Å². The lowest BCUT2D eigenvalue weighted by atomic mass is 10.0. The van der Waals surface area contributed by atoms with Gasteiger partial charge in [0.15, 0.2) is 11.5 Å². The lowest BCUT2D eigenvalue weighted by Gasteiger charge is -2.19. The Hall–Kier alpha value is -3.14. The van der Waals surface area contributed by atoms with Gasteiger partial charge in [0.05, 0.1) is 18.4 Å². The summed E-state index contributed by atoms with van der Waals surface area (Å²) in [5.41, 5.74) is 0.534. The molecule has 0 heterocycles. The number of benzene rings is 1. The Morgan fingerprint density at radius 3 is 2.06 bits per heavy atom. The number of hydrogen-bond acceptors (Lipinski definition) is 9. The van der Waals surface area contributed by atoms with Gasteiger partial charge >= 0.3 is 24.1 Å². The van der Waals surface area contributed by atoms with Crippen LogP contribution in [-0.2, 0) is 30.3 Å². The third-order valence-corrected chi connectivity index (χ3v) is 4.48. The van der Waals surface area contributed by atoms with Crippen LogP contribution in [0.5, 0.6) is 11.5 Å². The van der Waals surface area contributed by atoms with Crippen LogP contribution in [0.2, 0.25) is 0 Å². The van der Waals surface area contributed by atoms with E-state index in [4.69, 9.17) is 18.9 Å². The Morgan fingerprint density at radius 1 is 0.941 bits per heavy atom. The summed E-state index contributed by atoms with van der Waals surface area (Å²) in [5.74, 6) is -2.84. The summed E-state index contributed by atoms with van der Waals surface area (Å²) >= 11 is 0. The minimum absolute atomic E-state index is 0.0321. The maximum Gasteiger partial charge on any atom is 0.508 e. The maximum atomic E-state index is 12.1. The second-order valence-corrected chi connectivity index (χ2v) is 8.46. The average molecular weight is 482 g/mol. The normalized spacial score (nSPS) is 12.7. The smallest absolute Gasteiger partial charge is 0.480 e. The van der Waals surface area contributed by atoms with E-state index >= 15 is 0 Å². The van der Waals surface area contributed by atoms with Crippen LogP contribution >= 0.6 is 0 Å². The summed E-state index contributed by atoms with van der Waals surface area (Å²) in [6.45, 7) is 10.5. The summed E-state index contributed by atoms with van der Waals surface area (Å²) < 4.78 is 20.6. The van der Waals surface area contributed by atoms with E-state index in [1.165, 1.54) is 12.1 Å². The van der Waals surface area contributed by atoms with Crippen LogP contribution in [0.15, 0.2) is 18.2 Å². The van der Waals surface area contributed by atoms with Gasteiger partial charge in [-0.3, -0.25) is 14.4 Å². The number of carbonyl (C=O) groups excluding carboxylic acids is 3. The molecule has 10 heteroatoms. The molecule has 190 valence electrons. The molecule has 1 unspecified atom stereocenters.